The largest absolute Gasteiger partial charge is 0.442 e. The Kier molecular flexibility index (Phi) is 5.56. The molecule has 8 heteroatoms. The van der Waals surface area contributed by atoms with E-state index in [-0.39, 0.29) is 11.4 Å². The van der Waals surface area contributed by atoms with Gasteiger partial charge >= 0.3 is 11.8 Å². The highest BCUT2D eigenvalue weighted by Gasteiger charge is 2.67. The van der Waals surface area contributed by atoms with E-state index in [2.05, 4.69) is 4.99 Å². The lowest BCUT2D eigenvalue weighted by Gasteiger charge is -2.34. The monoisotopic (exact) mass is 429 g/mol. The van der Waals surface area contributed by atoms with Crippen molar-refractivity contribution in [2.24, 2.45) is 4.99 Å². The number of benzene rings is 2. The maximum absolute atomic E-state index is 14.4. The molecular weight excluding hydrogens is 407 g/mol. The highest BCUT2D eigenvalue weighted by molar-refractivity contribution is 6.17. The molecule has 1 saturated carbocycles. The van der Waals surface area contributed by atoms with E-state index >= 15 is 0 Å². The van der Waals surface area contributed by atoms with Crippen LogP contribution in [0.5, 0.6) is 0 Å². The molecule has 0 radical (unpaired) electrons. The summed E-state index contributed by atoms with van der Waals surface area (Å²) in [7, 11) is 0. The second kappa shape index (κ2) is 8.17. The number of amides is 2. The molecule has 31 heavy (non-hydrogen) atoms. The van der Waals surface area contributed by atoms with Crippen LogP contribution in [0.1, 0.15) is 48.0 Å². The Balaban J connectivity index is 1.81. The molecular formula is C23H22F3N3O2. The first-order chi connectivity index (χ1) is 14.8. The second-order valence-electron chi connectivity index (χ2n) is 7.80. The van der Waals surface area contributed by atoms with Crippen LogP contribution in [-0.4, -0.2) is 40.4 Å². The minimum absolute atomic E-state index is 0.0199. The maximum atomic E-state index is 14.4. The number of carbonyl (C=O) groups is 2. The molecule has 0 saturated heterocycles. The normalized spacial score (nSPS) is 22.4. The van der Waals surface area contributed by atoms with Gasteiger partial charge in [-0.15, -0.1) is 0 Å². The molecule has 2 aromatic carbocycles. The number of rotatable bonds is 4. The van der Waals surface area contributed by atoms with Gasteiger partial charge in [0.1, 0.15) is 5.84 Å². The zero-order chi connectivity index (χ0) is 22.1. The Morgan fingerprint density at radius 2 is 1.55 bits per heavy atom. The van der Waals surface area contributed by atoms with Gasteiger partial charge in [-0.05, 0) is 25.0 Å². The average Bonchev–Trinajstić information content (AvgIpc) is 3.09. The van der Waals surface area contributed by atoms with Gasteiger partial charge in [0.25, 0.3) is 11.8 Å². The van der Waals surface area contributed by atoms with Crippen molar-refractivity contribution < 1.29 is 22.8 Å². The molecule has 0 spiro atoms. The number of aliphatic imine (C=N–C) groups is 1. The molecule has 162 valence electrons. The molecule has 1 fully saturated rings. The summed E-state index contributed by atoms with van der Waals surface area (Å²) in [6.45, 7) is 0. The van der Waals surface area contributed by atoms with Gasteiger partial charge in [0.15, 0.2) is 0 Å². The van der Waals surface area contributed by atoms with Crippen molar-refractivity contribution in [2.75, 3.05) is 0 Å². The quantitative estimate of drug-likeness (QED) is 0.788. The van der Waals surface area contributed by atoms with Gasteiger partial charge in [0, 0.05) is 17.2 Å². The molecule has 5 nitrogen and oxygen atoms in total. The topological polar surface area (TPSA) is 61.8 Å². The van der Waals surface area contributed by atoms with Crippen LogP contribution in [0.3, 0.4) is 0 Å². The van der Waals surface area contributed by atoms with Crippen LogP contribution in [0.15, 0.2) is 65.7 Å². The van der Waals surface area contributed by atoms with Crippen molar-refractivity contribution in [1.29, 1.82) is 0 Å². The summed E-state index contributed by atoms with van der Waals surface area (Å²) in [4.78, 5) is 31.1. The van der Waals surface area contributed by atoms with Gasteiger partial charge < -0.3 is 5.32 Å². The van der Waals surface area contributed by atoms with Crippen LogP contribution in [0, 0.1) is 0 Å². The first-order valence-corrected chi connectivity index (χ1v) is 10.3. The number of amidine groups is 1. The van der Waals surface area contributed by atoms with Gasteiger partial charge in [0.2, 0.25) is 0 Å². The molecule has 0 aromatic heterocycles. The number of nitrogens with one attached hydrogen (secondary N) is 1. The van der Waals surface area contributed by atoms with Crippen molar-refractivity contribution in [3.8, 4) is 0 Å². The SMILES string of the molecule is O=C(N[C@@]1(C(F)(F)F)N=C(c2ccccc2)N(C2CCCCC2)C1=O)c1ccccc1. The first-order valence-electron chi connectivity index (χ1n) is 10.3. The van der Waals surface area contributed by atoms with E-state index in [1.54, 1.807) is 48.5 Å². The summed E-state index contributed by atoms with van der Waals surface area (Å²) in [5, 5.41) is 1.92. The Labute approximate surface area is 178 Å². The van der Waals surface area contributed by atoms with E-state index in [1.165, 1.54) is 12.1 Å². The molecule has 4 rings (SSSR count). The lowest BCUT2D eigenvalue weighted by atomic mass is 9.93. The average molecular weight is 429 g/mol. The van der Waals surface area contributed by atoms with E-state index in [4.69, 9.17) is 0 Å². The molecule has 1 N–H and O–H groups in total. The predicted octanol–water partition coefficient (Wildman–Crippen LogP) is 4.30. The molecule has 1 aliphatic heterocycles. The third-order valence-electron chi connectivity index (χ3n) is 5.74. The zero-order valence-corrected chi connectivity index (χ0v) is 16.7. The van der Waals surface area contributed by atoms with Crippen molar-refractivity contribution >= 4 is 17.6 Å². The summed E-state index contributed by atoms with van der Waals surface area (Å²) in [6.07, 6.45) is -1.29. The van der Waals surface area contributed by atoms with E-state index in [9.17, 15) is 22.8 Å². The predicted molar refractivity (Wildman–Crippen MR) is 109 cm³/mol. The van der Waals surface area contributed by atoms with Gasteiger partial charge in [-0.2, -0.15) is 13.2 Å². The first kappa shape index (κ1) is 21.1. The zero-order valence-electron chi connectivity index (χ0n) is 16.7. The molecule has 2 aromatic rings. The summed E-state index contributed by atoms with van der Waals surface area (Å²) in [6, 6.07) is 15.4. The molecule has 0 bridgehead atoms. The number of hydrogen-bond acceptors (Lipinski definition) is 3. The fourth-order valence-corrected chi connectivity index (χ4v) is 4.16. The second-order valence-corrected chi connectivity index (χ2v) is 7.80. The Bertz CT molecular complexity index is 986. The number of alkyl halides is 3. The summed E-state index contributed by atoms with van der Waals surface area (Å²) in [5.74, 6) is -2.31. The van der Waals surface area contributed by atoms with E-state index in [0.717, 1.165) is 24.2 Å². The number of nitrogens with zero attached hydrogens (tertiary/aromatic N) is 2. The lowest BCUT2D eigenvalue weighted by Crippen LogP contribution is -2.64. The van der Waals surface area contributed by atoms with Crippen molar-refractivity contribution in [1.82, 2.24) is 10.2 Å². The fourth-order valence-electron chi connectivity index (χ4n) is 4.16. The third-order valence-corrected chi connectivity index (χ3v) is 5.74. The highest BCUT2D eigenvalue weighted by atomic mass is 19.4. The minimum atomic E-state index is -5.11. The molecule has 0 unspecified atom stereocenters. The van der Waals surface area contributed by atoms with Crippen LogP contribution >= 0.6 is 0 Å². The summed E-state index contributed by atoms with van der Waals surface area (Å²) >= 11 is 0. The Hall–Kier alpha value is -3.16. The molecule has 1 heterocycles. The van der Waals surface area contributed by atoms with Gasteiger partial charge in [-0.25, -0.2) is 4.99 Å². The Morgan fingerprint density at radius 3 is 2.13 bits per heavy atom. The molecule has 2 amide bonds. The van der Waals surface area contributed by atoms with Crippen molar-refractivity contribution in [3.63, 3.8) is 0 Å². The van der Waals surface area contributed by atoms with Gasteiger partial charge in [-0.1, -0.05) is 67.8 Å². The summed E-state index contributed by atoms with van der Waals surface area (Å²) in [5.41, 5.74) is -2.93. The standard InChI is InChI=1S/C23H22F3N3O2/c24-23(25,26)22(28-20(30)17-12-6-2-7-13-17)21(31)29(18-14-8-3-9-15-18)19(27-22)16-10-4-1-5-11-16/h1-2,4-7,10-13,18H,3,8-9,14-15H2,(H,28,30)/t22-/m0/s1. The van der Waals surface area contributed by atoms with E-state index in [0.29, 0.717) is 18.4 Å². The molecule has 2 aliphatic rings. The van der Waals surface area contributed by atoms with Crippen LogP contribution < -0.4 is 5.32 Å². The third kappa shape index (κ3) is 3.82. The number of carbonyl (C=O) groups excluding carboxylic acids is 2. The van der Waals surface area contributed by atoms with Crippen LogP contribution in [-0.2, 0) is 4.79 Å². The molecule has 1 aliphatic carbocycles. The van der Waals surface area contributed by atoms with Crippen LogP contribution in [0.2, 0.25) is 0 Å². The van der Waals surface area contributed by atoms with Gasteiger partial charge in [-0.3, -0.25) is 14.5 Å². The summed E-state index contributed by atoms with van der Waals surface area (Å²) < 4.78 is 43.2. The van der Waals surface area contributed by atoms with Crippen LogP contribution in [0.25, 0.3) is 0 Å². The van der Waals surface area contributed by atoms with Crippen molar-refractivity contribution in [3.05, 3.63) is 71.8 Å². The number of halogens is 3. The maximum Gasteiger partial charge on any atom is 0.442 e. The fraction of sp³-hybridized carbons (Fsp3) is 0.348. The minimum Gasteiger partial charge on any atom is -0.312 e. The Morgan fingerprint density at radius 1 is 0.968 bits per heavy atom. The van der Waals surface area contributed by atoms with Crippen LogP contribution in [0.4, 0.5) is 13.2 Å². The molecule has 1 atom stereocenters. The lowest BCUT2D eigenvalue weighted by molar-refractivity contribution is -0.197. The highest BCUT2D eigenvalue weighted by Crippen LogP contribution is 2.41. The smallest absolute Gasteiger partial charge is 0.312 e. The van der Waals surface area contributed by atoms with E-state index < -0.39 is 29.7 Å². The van der Waals surface area contributed by atoms with E-state index in [1.807, 2.05) is 5.32 Å². The van der Waals surface area contributed by atoms with Crippen molar-refractivity contribution in [2.45, 2.75) is 50.0 Å². The van der Waals surface area contributed by atoms with Gasteiger partial charge in [0.05, 0.1) is 0 Å². The number of hydrogen-bond donors (Lipinski definition) is 1.